The molecule has 0 atom stereocenters. The Labute approximate surface area is 143 Å². The van der Waals surface area contributed by atoms with Gasteiger partial charge in [0.25, 0.3) is 0 Å². The molecule has 0 fully saturated rings. The van der Waals surface area contributed by atoms with Crippen LogP contribution in [-0.2, 0) is 11.3 Å². The average molecular weight is 356 g/mol. The van der Waals surface area contributed by atoms with Crippen molar-refractivity contribution >= 4 is 23.4 Å². The predicted molar refractivity (Wildman–Crippen MR) is 87.8 cm³/mol. The first-order valence-electron chi connectivity index (χ1n) is 7.09. The second-order valence-corrected chi connectivity index (χ2v) is 5.59. The van der Waals surface area contributed by atoms with Crippen LogP contribution in [0.2, 0.25) is 5.02 Å². The Kier molecular flexibility index (Phi) is 5.98. The number of alkyl halides is 2. The van der Waals surface area contributed by atoms with Crippen LogP contribution in [0.1, 0.15) is 16.7 Å². The third kappa shape index (κ3) is 5.09. The largest absolute Gasteiger partial charge is 0.489 e. The van der Waals surface area contributed by atoms with Crippen molar-refractivity contribution < 1.29 is 23.0 Å². The number of rotatable bonds is 5. The van der Waals surface area contributed by atoms with Crippen LogP contribution in [0.5, 0.6) is 5.75 Å². The highest BCUT2D eigenvalue weighted by Gasteiger charge is 2.14. The van der Waals surface area contributed by atoms with E-state index in [0.717, 1.165) is 11.1 Å². The molecule has 0 aliphatic carbocycles. The van der Waals surface area contributed by atoms with Crippen LogP contribution < -0.4 is 10.1 Å². The Balaban J connectivity index is 2.13. The molecule has 0 aliphatic rings. The van der Waals surface area contributed by atoms with E-state index in [2.05, 4.69) is 10.1 Å². The fourth-order valence-corrected chi connectivity index (χ4v) is 2.30. The van der Waals surface area contributed by atoms with Crippen molar-refractivity contribution in [2.45, 2.75) is 27.1 Å². The van der Waals surface area contributed by atoms with Crippen LogP contribution in [0.3, 0.4) is 0 Å². The van der Waals surface area contributed by atoms with E-state index in [9.17, 15) is 13.6 Å². The molecule has 0 saturated heterocycles. The normalized spacial score (nSPS) is 10.6. The van der Waals surface area contributed by atoms with E-state index in [0.29, 0.717) is 16.3 Å². The number of hydrogen-bond acceptors (Lipinski definition) is 3. The number of halogens is 3. The van der Waals surface area contributed by atoms with E-state index in [-0.39, 0.29) is 12.3 Å². The van der Waals surface area contributed by atoms with Gasteiger partial charge in [-0.1, -0.05) is 35.4 Å². The molecule has 0 aromatic heterocycles. The molecule has 2 rings (SSSR count). The summed E-state index contributed by atoms with van der Waals surface area (Å²) in [4.78, 5) is 11.4. The van der Waals surface area contributed by atoms with Crippen molar-refractivity contribution in [1.29, 1.82) is 0 Å². The molecule has 0 aliphatic heterocycles. The molecule has 0 bridgehead atoms. The van der Waals surface area contributed by atoms with E-state index in [4.69, 9.17) is 16.3 Å². The number of hydrogen-bond donors (Lipinski definition) is 1. The summed E-state index contributed by atoms with van der Waals surface area (Å²) in [5, 5.41) is 2.58. The fourth-order valence-electron chi connectivity index (χ4n) is 2.13. The molecule has 128 valence electrons. The second-order valence-electron chi connectivity index (χ2n) is 5.15. The van der Waals surface area contributed by atoms with Crippen LogP contribution in [-0.4, -0.2) is 12.7 Å². The highest BCUT2D eigenvalue weighted by molar-refractivity contribution is 6.31. The minimum absolute atomic E-state index is 0.130. The third-order valence-corrected chi connectivity index (χ3v) is 3.45. The molecular weight excluding hydrogens is 340 g/mol. The van der Waals surface area contributed by atoms with Gasteiger partial charge in [-0.05, 0) is 37.6 Å². The third-order valence-electron chi connectivity index (χ3n) is 3.22. The van der Waals surface area contributed by atoms with E-state index >= 15 is 0 Å². The highest BCUT2D eigenvalue weighted by Crippen LogP contribution is 2.25. The van der Waals surface area contributed by atoms with Gasteiger partial charge in [-0.15, -0.1) is 0 Å². The Hall–Kier alpha value is -2.34. The second kappa shape index (κ2) is 7.97. The zero-order valence-corrected chi connectivity index (χ0v) is 13.9. The minimum Gasteiger partial charge on any atom is -0.489 e. The molecule has 24 heavy (non-hydrogen) atoms. The Morgan fingerprint density at radius 3 is 2.62 bits per heavy atom. The lowest BCUT2D eigenvalue weighted by atomic mass is 10.1. The summed E-state index contributed by atoms with van der Waals surface area (Å²) in [6, 6.07) is 10.4. The molecule has 1 amide bonds. The number of benzene rings is 2. The van der Waals surface area contributed by atoms with Crippen LogP contribution in [0.15, 0.2) is 36.4 Å². The highest BCUT2D eigenvalue weighted by atomic mass is 35.5. The molecular formula is C17H16ClF2NO3. The van der Waals surface area contributed by atoms with Crippen LogP contribution >= 0.6 is 11.6 Å². The van der Waals surface area contributed by atoms with Crippen LogP contribution in [0.4, 0.5) is 19.3 Å². The zero-order chi connectivity index (χ0) is 17.7. The van der Waals surface area contributed by atoms with E-state index < -0.39 is 12.7 Å². The first-order chi connectivity index (χ1) is 11.3. The zero-order valence-electron chi connectivity index (χ0n) is 13.1. The maximum absolute atomic E-state index is 12.1. The Bertz CT molecular complexity index is 738. The monoisotopic (exact) mass is 355 g/mol. The summed E-state index contributed by atoms with van der Waals surface area (Å²) in [6.07, 6.45) is -1.26. The number of carbonyl (C=O) groups excluding carboxylic acids is 1. The fraction of sp³-hybridized carbons (Fsp3) is 0.235. The van der Waals surface area contributed by atoms with Gasteiger partial charge < -0.3 is 9.47 Å². The molecule has 0 heterocycles. The van der Waals surface area contributed by atoms with Gasteiger partial charge in [-0.2, -0.15) is 8.78 Å². The SMILES string of the molecule is Cc1ccc(OCc2ccc(Cl)cc2NC(=O)OC(F)F)c(C)c1. The summed E-state index contributed by atoms with van der Waals surface area (Å²) in [6.45, 7) is 0.834. The van der Waals surface area contributed by atoms with Crippen molar-refractivity contribution in [3.05, 3.63) is 58.1 Å². The lowest BCUT2D eigenvalue weighted by molar-refractivity contribution is -0.0766. The maximum Gasteiger partial charge on any atom is 0.416 e. The summed E-state index contributed by atoms with van der Waals surface area (Å²) in [5.74, 6) is 0.691. The van der Waals surface area contributed by atoms with Crippen LogP contribution in [0.25, 0.3) is 0 Å². The van der Waals surface area contributed by atoms with Crippen molar-refractivity contribution in [3.8, 4) is 5.75 Å². The minimum atomic E-state index is -3.20. The van der Waals surface area contributed by atoms with Gasteiger partial charge >= 0.3 is 12.7 Å². The van der Waals surface area contributed by atoms with Gasteiger partial charge in [-0.25, -0.2) is 4.79 Å². The number of anilines is 1. The molecule has 4 nitrogen and oxygen atoms in total. The topological polar surface area (TPSA) is 47.6 Å². The van der Waals surface area contributed by atoms with Crippen molar-refractivity contribution in [3.63, 3.8) is 0 Å². The van der Waals surface area contributed by atoms with E-state index in [1.165, 1.54) is 6.07 Å². The summed E-state index contributed by atoms with van der Waals surface area (Å²) >= 11 is 5.88. The molecule has 0 unspecified atom stereocenters. The predicted octanol–water partition coefficient (Wildman–Crippen LogP) is 5.31. The quantitative estimate of drug-likeness (QED) is 0.791. The first kappa shape index (κ1) is 18.0. The number of carbonyl (C=O) groups is 1. The number of amides is 1. The van der Waals surface area contributed by atoms with Gasteiger partial charge in [0.05, 0.1) is 5.69 Å². The number of aryl methyl sites for hydroxylation is 2. The molecule has 0 radical (unpaired) electrons. The van der Waals surface area contributed by atoms with Gasteiger partial charge in [0.1, 0.15) is 12.4 Å². The van der Waals surface area contributed by atoms with Crippen molar-refractivity contribution in [1.82, 2.24) is 0 Å². The molecule has 1 N–H and O–H groups in total. The van der Waals surface area contributed by atoms with E-state index in [1.54, 1.807) is 12.1 Å². The van der Waals surface area contributed by atoms with Gasteiger partial charge in [0.2, 0.25) is 0 Å². The molecule has 2 aromatic carbocycles. The molecule has 2 aromatic rings. The Morgan fingerprint density at radius 1 is 1.21 bits per heavy atom. The molecule has 7 heteroatoms. The summed E-state index contributed by atoms with van der Waals surface area (Å²) < 4.78 is 33.7. The smallest absolute Gasteiger partial charge is 0.416 e. The molecule has 0 spiro atoms. The lowest BCUT2D eigenvalue weighted by Gasteiger charge is -2.14. The van der Waals surface area contributed by atoms with Crippen molar-refractivity contribution in [2.75, 3.05) is 5.32 Å². The van der Waals surface area contributed by atoms with Gasteiger partial charge in [0, 0.05) is 10.6 Å². The van der Waals surface area contributed by atoms with Crippen molar-refractivity contribution in [2.24, 2.45) is 0 Å². The number of ether oxygens (including phenoxy) is 2. The first-order valence-corrected chi connectivity index (χ1v) is 7.47. The average Bonchev–Trinajstić information content (AvgIpc) is 2.47. The summed E-state index contributed by atoms with van der Waals surface area (Å²) in [5.41, 5.74) is 2.91. The van der Waals surface area contributed by atoms with E-state index in [1.807, 2.05) is 32.0 Å². The van der Waals surface area contributed by atoms with Crippen LogP contribution in [0, 0.1) is 13.8 Å². The summed E-state index contributed by atoms with van der Waals surface area (Å²) in [7, 11) is 0. The number of nitrogens with one attached hydrogen (secondary N) is 1. The standard InChI is InChI=1S/C17H16ClF2NO3/c1-10-3-6-15(11(2)7-10)23-9-12-4-5-13(18)8-14(12)21-17(22)24-16(19)20/h3-8,16H,9H2,1-2H3,(H,21,22). The lowest BCUT2D eigenvalue weighted by Crippen LogP contribution is -2.18. The maximum atomic E-state index is 12.1. The van der Waals surface area contributed by atoms with Gasteiger partial charge in [0.15, 0.2) is 0 Å². The Morgan fingerprint density at radius 2 is 1.96 bits per heavy atom. The van der Waals surface area contributed by atoms with Gasteiger partial charge in [-0.3, -0.25) is 5.32 Å². The molecule has 0 saturated carbocycles.